The summed E-state index contributed by atoms with van der Waals surface area (Å²) in [6.45, 7) is 6.56. The van der Waals surface area contributed by atoms with E-state index in [2.05, 4.69) is 50.9 Å². The van der Waals surface area contributed by atoms with Crippen molar-refractivity contribution in [3.05, 3.63) is 30.3 Å². The Balaban J connectivity index is 1.47. The van der Waals surface area contributed by atoms with Crippen molar-refractivity contribution < 1.29 is 9.53 Å². The number of nitrogens with one attached hydrogen (secondary N) is 2. The van der Waals surface area contributed by atoms with Gasteiger partial charge in [0.15, 0.2) is 5.96 Å². The molecular formula is C22H35N5O2S. The van der Waals surface area contributed by atoms with Gasteiger partial charge in [-0.05, 0) is 37.9 Å². The van der Waals surface area contributed by atoms with Crippen LogP contribution >= 0.6 is 11.8 Å². The predicted molar refractivity (Wildman–Crippen MR) is 123 cm³/mol. The first-order valence-electron chi connectivity index (χ1n) is 10.8. The summed E-state index contributed by atoms with van der Waals surface area (Å²) in [5.41, 5.74) is 0. The molecule has 3 rings (SSSR count). The molecule has 2 fully saturated rings. The summed E-state index contributed by atoms with van der Waals surface area (Å²) < 4.78 is 5.63. The van der Waals surface area contributed by atoms with Gasteiger partial charge in [-0.25, -0.2) is 4.99 Å². The summed E-state index contributed by atoms with van der Waals surface area (Å²) in [7, 11) is 3.52. The van der Waals surface area contributed by atoms with Gasteiger partial charge in [-0.3, -0.25) is 9.69 Å². The molecule has 1 saturated heterocycles. The van der Waals surface area contributed by atoms with Crippen molar-refractivity contribution >= 4 is 23.6 Å². The summed E-state index contributed by atoms with van der Waals surface area (Å²) in [5.74, 6) is 0.733. The highest BCUT2D eigenvalue weighted by Gasteiger charge is 2.43. The first-order chi connectivity index (χ1) is 14.6. The molecule has 8 heteroatoms. The van der Waals surface area contributed by atoms with E-state index < -0.39 is 0 Å². The van der Waals surface area contributed by atoms with Crippen molar-refractivity contribution in [2.75, 3.05) is 66.6 Å². The van der Waals surface area contributed by atoms with Crippen LogP contribution in [0.4, 0.5) is 0 Å². The van der Waals surface area contributed by atoms with Crippen LogP contribution in [0.5, 0.6) is 0 Å². The molecule has 2 aliphatic rings. The zero-order chi connectivity index (χ0) is 21.2. The maximum absolute atomic E-state index is 12.0. The lowest BCUT2D eigenvalue weighted by Gasteiger charge is -2.26. The molecule has 30 heavy (non-hydrogen) atoms. The Morgan fingerprint density at radius 1 is 1.20 bits per heavy atom. The van der Waals surface area contributed by atoms with Crippen molar-refractivity contribution in [1.82, 2.24) is 20.4 Å². The third-order valence-corrected chi connectivity index (χ3v) is 6.88. The second-order valence-electron chi connectivity index (χ2n) is 8.14. The fourth-order valence-electron chi connectivity index (χ4n) is 3.23. The number of benzene rings is 1. The summed E-state index contributed by atoms with van der Waals surface area (Å²) in [6.07, 6.45) is 3.42. The van der Waals surface area contributed by atoms with E-state index in [-0.39, 0.29) is 17.2 Å². The van der Waals surface area contributed by atoms with Crippen LogP contribution in [0.2, 0.25) is 0 Å². The van der Waals surface area contributed by atoms with Crippen molar-refractivity contribution in [3.8, 4) is 0 Å². The molecule has 1 aromatic rings. The molecular weight excluding hydrogens is 398 g/mol. The normalized spacial score (nSPS) is 18.7. The van der Waals surface area contributed by atoms with Crippen LogP contribution in [0.1, 0.15) is 19.3 Å². The molecule has 7 nitrogen and oxygen atoms in total. The number of guanidine groups is 1. The van der Waals surface area contributed by atoms with E-state index in [1.54, 1.807) is 19.0 Å². The number of morpholine rings is 1. The van der Waals surface area contributed by atoms with Gasteiger partial charge in [0, 0.05) is 49.9 Å². The van der Waals surface area contributed by atoms with Crippen LogP contribution in [0.25, 0.3) is 0 Å². The van der Waals surface area contributed by atoms with Crippen LogP contribution < -0.4 is 10.6 Å². The maximum Gasteiger partial charge on any atom is 0.243 e. The fraction of sp³-hybridized carbons (Fsp3) is 0.636. The highest BCUT2D eigenvalue weighted by molar-refractivity contribution is 8.01. The molecule has 0 bridgehead atoms. The number of hydrogen-bond acceptors (Lipinski definition) is 5. The molecule has 0 radical (unpaired) electrons. The summed E-state index contributed by atoms with van der Waals surface area (Å²) >= 11 is 1.94. The van der Waals surface area contributed by atoms with Gasteiger partial charge < -0.3 is 20.3 Å². The van der Waals surface area contributed by atoms with E-state index in [1.165, 1.54) is 17.7 Å². The number of nitrogens with zero attached hydrogens (tertiary/aromatic N) is 3. The highest BCUT2D eigenvalue weighted by atomic mass is 32.2. The highest BCUT2D eigenvalue weighted by Crippen LogP contribution is 2.51. The van der Waals surface area contributed by atoms with Gasteiger partial charge in [-0.2, -0.15) is 0 Å². The Hall–Kier alpha value is -1.77. The summed E-state index contributed by atoms with van der Waals surface area (Å²) in [5, 5.41) is 6.91. The Bertz CT molecular complexity index is 688. The van der Waals surface area contributed by atoms with Gasteiger partial charge in [-0.15, -0.1) is 11.8 Å². The molecule has 0 spiro atoms. The van der Waals surface area contributed by atoms with Crippen LogP contribution in [-0.2, 0) is 9.53 Å². The third-order valence-electron chi connectivity index (χ3n) is 5.38. The average Bonchev–Trinajstić information content (AvgIpc) is 3.53. The Labute approximate surface area is 184 Å². The molecule has 1 aliphatic heterocycles. The number of hydrogen-bond donors (Lipinski definition) is 2. The lowest BCUT2D eigenvalue weighted by atomic mass is 10.3. The van der Waals surface area contributed by atoms with Crippen LogP contribution in [-0.4, -0.2) is 93.0 Å². The smallest absolute Gasteiger partial charge is 0.243 e. The molecule has 166 valence electrons. The predicted octanol–water partition coefficient (Wildman–Crippen LogP) is 1.66. The molecule has 1 aromatic carbocycles. The molecule has 1 amide bonds. The molecule has 0 unspecified atom stereocenters. The minimum absolute atomic E-state index is 0.00390. The first-order valence-corrected chi connectivity index (χ1v) is 11.6. The standard InChI is InChI=1S/C22H35N5O2S/c1-26(2)20(28)17-24-21(23-11-6-12-27-13-15-29-16-14-27)25-18-22(9-10-22)30-19-7-4-3-5-8-19/h3-5,7-8H,6,9-18H2,1-2H3,(H2,23,24,25). The molecule has 0 aromatic heterocycles. The number of aliphatic imine (C=N–C) groups is 1. The molecule has 1 saturated carbocycles. The average molecular weight is 434 g/mol. The van der Waals surface area contributed by atoms with Crippen molar-refractivity contribution in [2.24, 2.45) is 4.99 Å². The van der Waals surface area contributed by atoms with Crippen LogP contribution in [0.15, 0.2) is 40.2 Å². The minimum atomic E-state index is 0.00390. The maximum atomic E-state index is 12.0. The van der Waals surface area contributed by atoms with Gasteiger partial charge in [-0.1, -0.05) is 18.2 Å². The van der Waals surface area contributed by atoms with Gasteiger partial charge in [0.2, 0.25) is 5.91 Å². The number of likely N-dealkylation sites (N-methyl/N-ethyl adjacent to an activating group) is 1. The second kappa shape index (κ2) is 11.6. The lowest BCUT2D eigenvalue weighted by molar-refractivity contribution is -0.127. The third kappa shape index (κ3) is 7.81. The van der Waals surface area contributed by atoms with E-state index in [0.717, 1.165) is 58.3 Å². The van der Waals surface area contributed by atoms with E-state index >= 15 is 0 Å². The van der Waals surface area contributed by atoms with Crippen LogP contribution in [0.3, 0.4) is 0 Å². The van der Waals surface area contributed by atoms with E-state index in [4.69, 9.17) is 4.74 Å². The van der Waals surface area contributed by atoms with Gasteiger partial charge >= 0.3 is 0 Å². The number of amides is 1. The van der Waals surface area contributed by atoms with Gasteiger partial charge in [0.1, 0.15) is 6.54 Å². The number of thioether (sulfide) groups is 1. The van der Waals surface area contributed by atoms with E-state index in [0.29, 0.717) is 0 Å². The van der Waals surface area contributed by atoms with Gasteiger partial charge in [0.05, 0.1) is 13.2 Å². The lowest BCUT2D eigenvalue weighted by Crippen LogP contribution is -2.43. The Morgan fingerprint density at radius 3 is 2.60 bits per heavy atom. The topological polar surface area (TPSA) is 69.2 Å². The number of ether oxygens (including phenoxy) is 1. The van der Waals surface area contributed by atoms with Crippen LogP contribution in [0, 0.1) is 0 Å². The SMILES string of the molecule is CN(C)C(=O)CN=C(NCCCN1CCOCC1)NCC1(Sc2ccccc2)CC1. The van der Waals surface area contributed by atoms with Crippen molar-refractivity contribution in [3.63, 3.8) is 0 Å². The number of carbonyl (C=O) groups is 1. The summed E-state index contributed by atoms with van der Waals surface area (Å²) in [4.78, 5) is 21.8. The number of carbonyl (C=O) groups excluding carboxylic acids is 1. The largest absolute Gasteiger partial charge is 0.379 e. The van der Waals surface area contributed by atoms with E-state index in [9.17, 15) is 4.79 Å². The van der Waals surface area contributed by atoms with Crippen molar-refractivity contribution in [2.45, 2.75) is 28.9 Å². The second-order valence-corrected chi connectivity index (χ2v) is 9.68. The zero-order valence-corrected chi connectivity index (χ0v) is 19.0. The molecule has 0 atom stereocenters. The number of rotatable bonds is 10. The van der Waals surface area contributed by atoms with E-state index in [1.807, 2.05) is 11.8 Å². The Kier molecular flexibility index (Phi) is 8.84. The summed E-state index contributed by atoms with van der Waals surface area (Å²) in [6, 6.07) is 10.6. The Morgan fingerprint density at radius 2 is 1.93 bits per heavy atom. The van der Waals surface area contributed by atoms with Crippen molar-refractivity contribution in [1.29, 1.82) is 0 Å². The minimum Gasteiger partial charge on any atom is -0.379 e. The van der Waals surface area contributed by atoms with Gasteiger partial charge in [0.25, 0.3) is 0 Å². The molecule has 1 aliphatic carbocycles. The quantitative estimate of drug-likeness (QED) is 0.332. The monoisotopic (exact) mass is 433 g/mol. The zero-order valence-electron chi connectivity index (χ0n) is 18.2. The molecule has 1 heterocycles. The fourth-order valence-corrected chi connectivity index (χ4v) is 4.48. The first kappa shape index (κ1) is 22.9. The molecule has 2 N–H and O–H groups in total.